The number of nitrogens with zero attached hydrogens (tertiary/aromatic N) is 1. The summed E-state index contributed by atoms with van der Waals surface area (Å²) in [5, 5.41) is 3.47. The zero-order valence-corrected chi connectivity index (χ0v) is 13.4. The number of rotatable bonds is 2. The molecule has 1 aromatic carbocycles. The van der Waals surface area contributed by atoms with E-state index in [-0.39, 0.29) is 0 Å². The van der Waals surface area contributed by atoms with Crippen molar-refractivity contribution in [2.75, 3.05) is 32.8 Å². The van der Waals surface area contributed by atoms with Gasteiger partial charge in [-0.05, 0) is 40.5 Å². The highest BCUT2D eigenvalue weighted by Gasteiger charge is 2.19. The molecule has 0 unspecified atom stereocenters. The van der Waals surface area contributed by atoms with Crippen molar-refractivity contribution in [1.82, 2.24) is 10.2 Å². The van der Waals surface area contributed by atoms with Crippen LogP contribution in [0.1, 0.15) is 18.9 Å². The molecule has 20 heavy (non-hydrogen) atoms. The molecule has 4 nitrogen and oxygen atoms in total. The van der Waals surface area contributed by atoms with E-state index < -0.39 is 0 Å². The SMILES string of the molecule is C[C@H]1CN(Cc2cc(Br)c3c(c2)OCCCO3)CCN1. The van der Waals surface area contributed by atoms with Gasteiger partial charge in [0.25, 0.3) is 0 Å². The van der Waals surface area contributed by atoms with E-state index >= 15 is 0 Å². The first-order valence-electron chi connectivity index (χ1n) is 7.26. The number of ether oxygens (including phenoxy) is 2. The molecule has 1 aromatic rings. The van der Waals surface area contributed by atoms with Crippen LogP contribution >= 0.6 is 15.9 Å². The molecule has 0 aliphatic carbocycles. The molecule has 5 heteroatoms. The lowest BCUT2D eigenvalue weighted by atomic mass is 10.1. The Labute approximate surface area is 128 Å². The van der Waals surface area contributed by atoms with E-state index in [1.54, 1.807) is 0 Å². The molecule has 1 atom stereocenters. The summed E-state index contributed by atoms with van der Waals surface area (Å²) in [7, 11) is 0. The first-order chi connectivity index (χ1) is 9.72. The number of hydrogen-bond donors (Lipinski definition) is 1. The Kier molecular flexibility index (Phi) is 4.48. The summed E-state index contributed by atoms with van der Waals surface area (Å²) in [5.74, 6) is 1.72. The van der Waals surface area contributed by atoms with Crippen LogP contribution in [0.4, 0.5) is 0 Å². The van der Waals surface area contributed by atoms with Crippen LogP contribution in [-0.2, 0) is 6.54 Å². The van der Waals surface area contributed by atoms with Crippen LogP contribution < -0.4 is 14.8 Å². The molecule has 0 radical (unpaired) electrons. The first-order valence-corrected chi connectivity index (χ1v) is 8.05. The fourth-order valence-electron chi connectivity index (χ4n) is 2.79. The third kappa shape index (κ3) is 3.27. The number of benzene rings is 1. The fourth-order valence-corrected chi connectivity index (χ4v) is 3.39. The van der Waals surface area contributed by atoms with Crippen molar-refractivity contribution in [2.45, 2.75) is 25.9 Å². The molecule has 2 aliphatic heterocycles. The molecule has 1 fully saturated rings. The second-order valence-electron chi connectivity index (χ2n) is 5.55. The molecule has 0 amide bonds. The Balaban J connectivity index is 1.76. The van der Waals surface area contributed by atoms with Gasteiger partial charge in [0.1, 0.15) is 0 Å². The van der Waals surface area contributed by atoms with E-state index in [9.17, 15) is 0 Å². The predicted octanol–water partition coefficient (Wildman–Crippen LogP) is 2.40. The molecular weight excluding hydrogens is 320 g/mol. The van der Waals surface area contributed by atoms with Gasteiger partial charge in [0, 0.05) is 38.6 Å². The molecule has 1 N–H and O–H groups in total. The molecule has 2 heterocycles. The van der Waals surface area contributed by atoms with Gasteiger partial charge in [-0.2, -0.15) is 0 Å². The number of halogens is 1. The Morgan fingerprint density at radius 3 is 3.05 bits per heavy atom. The Morgan fingerprint density at radius 1 is 1.35 bits per heavy atom. The number of nitrogens with one attached hydrogen (secondary N) is 1. The van der Waals surface area contributed by atoms with Crippen molar-refractivity contribution >= 4 is 15.9 Å². The molecule has 3 rings (SSSR count). The second kappa shape index (κ2) is 6.33. The third-order valence-corrected chi connectivity index (χ3v) is 4.31. The molecule has 110 valence electrons. The third-order valence-electron chi connectivity index (χ3n) is 3.72. The highest BCUT2D eigenvalue weighted by Crippen LogP contribution is 2.38. The summed E-state index contributed by atoms with van der Waals surface area (Å²) < 4.78 is 12.5. The Bertz CT molecular complexity index is 481. The summed E-state index contributed by atoms with van der Waals surface area (Å²) >= 11 is 3.61. The average Bonchev–Trinajstić information content (AvgIpc) is 2.64. The van der Waals surface area contributed by atoms with Crippen molar-refractivity contribution < 1.29 is 9.47 Å². The van der Waals surface area contributed by atoms with Crippen molar-refractivity contribution in [1.29, 1.82) is 0 Å². The normalized spacial score (nSPS) is 23.4. The summed E-state index contributed by atoms with van der Waals surface area (Å²) in [4.78, 5) is 2.48. The van der Waals surface area contributed by atoms with Crippen molar-refractivity contribution in [3.05, 3.63) is 22.2 Å². The maximum Gasteiger partial charge on any atom is 0.175 e. The number of fused-ring (bicyclic) bond motifs is 1. The van der Waals surface area contributed by atoms with Crippen LogP contribution in [-0.4, -0.2) is 43.8 Å². The number of hydrogen-bond acceptors (Lipinski definition) is 4. The van der Waals surface area contributed by atoms with E-state index in [2.05, 4.69) is 45.2 Å². The van der Waals surface area contributed by atoms with Crippen LogP contribution in [0.3, 0.4) is 0 Å². The minimum Gasteiger partial charge on any atom is -0.490 e. The fraction of sp³-hybridized carbons (Fsp3) is 0.600. The van der Waals surface area contributed by atoms with Crippen molar-refractivity contribution in [2.24, 2.45) is 0 Å². The van der Waals surface area contributed by atoms with Gasteiger partial charge in [-0.3, -0.25) is 4.90 Å². The molecule has 2 aliphatic rings. The van der Waals surface area contributed by atoms with Gasteiger partial charge >= 0.3 is 0 Å². The van der Waals surface area contributed by atoms with Gasteiger partial charge in [-0.15, -0.1) is 0 Å². The van der Waals surface area contributed by atoms with Crippen LogP contribution in [0.25, 0.3) is 0 Å². The van der Waals surface area contributed by atoms with Crippen LogP contribution in [0.15, 0.2) is 16.6 Å². The topological polar surface area (TPSA) is 33.7 Å². The average molecular weight is 341 g/mol. The summed E-state index contributed by atoms with van der Waals surface area (Å²) in [5.41, 5.74) is 1.27. The molecule has 1 saturated heterocycles. The van der Waals surface area contributed by atoms with Crippen LogP contribution in [0.2, 0.25) is 0 Å². The molecule has 0 saturated carbocycles. The van der Waals surface area contributed by atoms with Gasteiger partial charge in [-0.25, -0.2) is 0 Å². The van der Waals surface area contributed by atoms with Crippen molar-refractivity contribution in [3.8, 4) is 11.5 Å². The lowest BCUT2D eigenvalue weighted by Crippen LogP contribution is -2.48. The maximum atomic E-state index is 5.79. The largest absolute Gasteiger partial charge is 0.490 e. The van der Waals surface area contributed by atoms with E-state index in [0.29, 0.717) is 6.04 Å². The zero-order valence-electron chi connectivity index (χ0n) is 11.8. The van der Waals surface area contributed by atoms with Crippen molar-refractivity contribution in [3.63, 3.8) is 0 Å². The lowest BCUT2D eigenvalue weighted by molar-refractivity contribution is 0.199. The zero-order chi connectivity index (χ0) is 13.9. The monoisotopic (exact) mass is 340 g/mol. The van der Waals surface area contributed by atoms with Gasteiger partial charge < -0.3 is 14.8 Å². The minimum atomic E-state index is 0.563. The number of piperazine rings is 1. The van der Waals surface area contributed by atoms with Crippen LogP contribution in [0.5, 0.6) is 11.5 Å². The predicted molar refractivity (Wildman–Crippen MR) is 82.5 cm³/mol. The highest BCUT2D eigenvalue weighted by molar-refractivity contribution is 9.10. The summed E-state index contributed by atoms with van der Waals surface area (Å²) in [6.45, 7) is 7.89. The van der Waals surface area contributed by atoms with Gasteiger partial charge in [0.15, 0.2) is 11.5 Å². The highest BCUT2D eigenvalue weighted by atomic mass is 79.9. The van der Waals surface area contributed by atoms with E-state index in [4.69, 9.17) is 9.47 Å². The van der Waals surface area contributed by atoms with E-state index in [1.165, 1.54) is 5.56 Å². The summed E-state index contributed by atoms with van der Waals surface area (Å²) in [6, 6.07) is 4.84. The standard InChI is InChI=1S/C15H21BrN2O2/c1-11-9-18(4-3-17-11)10-12-7-13(16)15-14(8-12)19-5-2-6-20-15/h7-8,11,17H,2-6,9-10H2,1H3/t11-/m0/s1. The van der Waals surface area contributed by atoms with Gasteiger partial charge in [0.05, 0.1) is 17.7 Å². The molecule has 0 spiro atoms. The molecular formula is C15H21BrN2O2. The van der Waals surface area contributed by atoms with E-state index in [1.807, 2.05) is 0 Å². The lowest BCUT2D eigenvalue weighted by Gasteiger charge is -2.32. The maximum absolute atomic E-state index is 5.79. The Hall–Kier alpha value is -0.780. The van der Waals surface area contributed by atoms with E-state index in [0.717, 1.165) is 61.8 Å². The Morgan fingerprint density at radius 2 is 2.20 bits per heavy atom. The quantitative estimate of drug-likeness (QED) is 0.896. The molecule has 0 aromatic heterocycles. The van der Waals surface area contributed by atoms with Gasteiger partial charge in [-0.1, -0.05) is 0 Å². The smallest absolute Gasteiger partial charge is 0.175 e. The van der Waals surface area contributed by atoms with Crippen LogP contribution in [0, 0.1) is 0 Å². The minimum absolute atomic E-state index is 0.563. The summed E-state index contributed by atoms with van der Waals surface area (Å²) in [6.07, 6.45) is 0.936. The van der Waals surface area contributed by atoms with Gasteiger partial charge in [0.2, 0.25) is 0 Å². The second-order valence-corrected chi connectivity index (χ2v) is 6.40. The first kappa shape index (κ1) is 14.2. The molecule has 0 bridgehead atoms.